The molecule has 5 nitrogen and oxygen atoms in total. The second kappa shape index (κ2) is 5.57. The molecule has 2 heterocycles. The van der Waals surface area contributed by atoms with E-state index in [9.17, 15) is 4.79 Å². The first kappa shape index (κ1) is 13.6. The number of nitrogens with zero attached hydrogens (tertiary/aromatic N) is 1. The molecule has 1 aliphatic heterocycles. The summed E-state index contributed by atoms with van der Waals surface area (Å²) in [6, 6.07) is 9.07. The van der Waals surface area contributed by atoms with E-state index < -0.39 is 0 Å². The first-order valence-corrected chi connectivity index (χ1v) is 7.26. The third kappa shape index (κ3) is 2.90. The first-order valence-electron chi connectivity index (χ1n) is 6.44. The number of hydrogen-bond acceptors (Lipinski definition) is 5. The molecule has 0 unspecified atom stereocenters. The molecular weight excluding hydrogens is 288 g/mol. The predicted molar refractivity (Wildman–Crippen MR) is 81.3 cm³/mol. The molecule has 1 amide bonds. The summed E-state index contributed by atoms with van der Waals surface area (Å²) < 4.78 is 10.5. The number of fused-ring (bicyclic) bond motifs is 1. The van der Waals surface area contributed by atoms with Crippen LogP contribution in [0.15, 0.2) is 35.4 Å². The van der Waals surface area contributed by atoms with Crippen LogP contribution in [0.3, 0.4) is 0 Å². The van der Waals surface area contributed by atoms with Crippen LogP contribution in [0.1, 0.15) is 27.0 Å². The van der Waals surface area contributed by atoms with Gasteiger partial charge in [0.05, 0.1) is 10.6 Å². The van der Waals surface area contributed by atoms with Crippen molar-refractivity contribution >= 4 is 23.0 Å². The van der Waals surface area contributed by atoms with Crippen molar-refractivity contribution in [3.05, 3.63) is 45.6 Å². The highest BCUT2D eigenvalue weighted by molar-refractivity contribution is 7.14. The van der Waals surface area contributed by atoms with Gasteiger partial charge in [0.2, 0.25) is 6.79 Å². The van der Waals surface area contributed by atoms with Crippen LogP contribution in [0, 0.1) is 6.92 Å². The highest BCUT2D eigenvalue weighted by Gasteiger charge is 2.16. The molecule has 1 aromatic heterocycles. The van der Waals surface area contributed by atoms with Gasteiger partial charge in [0.15, 0.2) is 11.5 Å². The molecule has 0 atom stereocenters. The summed E-state index contributed by atoms with van der Waals surface area (Å²) >= 11 is 1.64. The van der Waals surface area contributed by atoms with Gasteiger partial charge in [-0.15, -0.1) is 11.3 Å². The zero-order chi connectivity index (χ0) is 14.8. The van der Waals surface area contributed by atoms with Gasteiger partial charge in [-0.3, -0.25) is 4.79 Å². The number of benzene rings is 1. The lowest BCUT2D eigenvalue weighted by atomic mass is 10.2. The van der Waals surface area contributed by atoms with Crippen LogP contribution in [0.5, 0.6) is 11.5 Å². The van der Waals surface area contributed by atoms with E-state index in [1.807, 2.05) is 26.0 Å². The minimum absolute atomic E-state index is 0.190. The Bertz CT molecular complexity index is 721. The summed E-state index contributed by atoms with van der Waals surface area (Å²) in [5.74, 6) is 0.957. The average Bonchev–Trinajstić information content (AvgIpc) is 3.12. The fourth-order valence-corrected chi connectivity index (χ4v) is 2.73. The zero-order valence-corrected chi connectivity index (χ0v) is 12.5. The van der Waals surface area contributed by atoms with Crippen LogP contribution in [0.25, 0.3) is 0 Å². The highest BCUT2D eigenvalue weighted by Crippen LogP contribution is 2.32. The van der Waals surface area contributed by atoms with E-state index in [1.165, 1.54) is 4.88 Å². The third-order valence-corrected chi connectivity index (χ3v) is 4.17. The van der Waals surface area contributed by atoms with Crippen molar-refractivity contribution in [2.45, 2.75) is 13.8 Å². The monoisotopic (exact) mass is 302 g/mol. The summed E-state index contributed by atoms with van der Waals surface area (Å²) in [5, 5.41) is 4.13. The maximum atomic E-state index is 12.1. The maximum absolute atomic E-state index is 12.1. The molecule has 6 heteroatoms. The van der Waals surface area contributed by atoms with Gasteiger partial charge in [0, 0.05) is 10.4 Å². The molecule has 0 bridgehead atoms. The zero-order valence-electron chi connectivity index (χ0n) is 11.7. The molecule has 1 aliphatic rings. The number of hydrazone groups is 1. The molecule has 1 aromatic carbocycles. The van der Waals surface area contributed by atoms with E-state index >= 15 is 0 Å². The Morgan fingerprint density at radius 1 is 1.24 bits per heavy atom. The number of ether oxygens (including phenoxy) is 2. The number of rotatable bonds is 3. The summed E-state index contributed by atoms with van der Waals surface area (Å²) in [7, 11) is 0. The Morgan fingerprint density at radius 3 is 2.81 bits per heavy atom. The molecule has 0 radical (unpaired) electrons. The number of nitrogens with one attached hydrogen (secondary N) is 1. The van der Waals surface area contributed by atoms with Crippen molar-refractivity contribution in [3.8, 4) is 11.5 Å². The summed E-state index contributed by atoms with van der Waals surface area (Å²) in [6.07, 6.45) is 0. The predicted octanol–water partition coefficient (Wildman–Crippen LogP) is 2.94. The number of aryl methyl sites for hydroxylation is 1. The van der Waals surface area contributed by atoms with Gasteiger partial charge in [0.1, 0.15) is 0 Å². The van der Waals surface area contributed by atoms with Crippen molar-refractivity contribution in [2.75, 3.05) is 6.79 Å². The standard InChI is InChI=1S/C15H14N2O3S/c1-9-3-6-14(21-9)10(2)16-17-15(18)11-4-5-12-13(7-11)20-8-19-12/h3-7H,8H2,1-2H3,(H,17,18). The van der Waals surface area contributed by atoms with E-state index in [0.717, 1.165) is 10.6 Å². The fraction of sp³-hybridized carbons (Fsp3) is 0.200. The van der Waals surface area contributed by atoms with Crippen LogP contribution in [-0.2, 0) is 0 Å². The van der Waals surface area contributed by atoms with Gasteiger partial charge < -0.3 is 9.47 Å². The van der Waals surface area contributed by atoms with Crippen molar-refractivity contribution in [1.29, 1.82) is 0 Å². The summed E-state index contributed by atoms with van der Waals surface area (Å²) in [5.41, 5.74) is 3.82. The maximum Gasteiger partial charge on any atom is 0.271 e. The molecule has 0 fully saturated rings. The second-order valence-electron chi connectivity index (χ2n) is 4.62. The largest absolute Gasteiger partial charge is 0.454 e. The number of carbonyl (C=O) groups is 1. The van der Waals surface area contributed by atoms with E-state index in [2.05, 4.69) is 10.5 Å². The van der Waals surface area contributed by atoms with Crippen LogP contribution in [0.2, 0.25) is 0 Å². The molecule has 108 valence electrons. The Balaban J connectivity index is 1.71. The molecule has 0 saturated carbocycles. The van der Waals surface area contributed by atoms with E-state index in [-0.39, 0.29) is 12.7 Å². The van der Waals surface area contributed by atoms with Gasteiger partial charge in [-0.1, -0.05) is 0 Å². The number of carbonyl (C=O) groups excluding carboxylic acids is 1. The van der Waals surface area contributed by atoms with Crippen LogP contribution >= 0.6 is 11.3 Å². The summed E-state index contributed by atoms with van der Waals surface area (Å²) in [6.45, 7) is 4.09. The lowest BCUT2D eigenvalue weighted by Crippen LogP contribution is -2.19. The van der Waals surface area contributed by atoms with Crippen molar-refractivity contribution in [1.82, 2.24) is 5.43 Å². The minimum Gasteiger partial charge on any atom is -0.454 e. The minimum atomic E-state index is -0.277. The van der Waals surface area contributed by atoms with E-state index in [1.54, 1.807) is 29.5 Å². The van der Waals surface area contributed by atoms with Gasteiger partial charge in [-0.25, -0.2) is 5.43 Å². The van der Waals surface area contributed by atoms with Crippen molar-refractivity contribution < 1.29 is 14.3 Å². The molecule has 2 aromatic rings. The molecule has 3 rings (SSSR count). The van der Waals surface area contributed by atoms with E-state index in [4.69, 9.17) is 9.47 Å². The lowest BCUT2D eigenvalue weighted by Gasteiger charge is -2.03. The number of thiophene rings is 1. The SMILES string of the molecule is CC(=NNC(=O)c1ccc2c(c1)OCO2)c1ccc(C)s1. The summed E-state index contributed by atoms with van der Waals surface area (Å²) in [4.78, 5) is 14.3. The van der Waals surface area contributed by atoms with Crippen LogP contribution in [-0.4, -0.2) is 18.4 Å². The molecular formula is C15H14N2O3S. The lowest BCUT2D eigenvalue weighted by molar-refractivity contribution is 0.0954. The first-order chi connectivity index (χ1) is 10.1. The van der Waals surface area contributed by atoms with Crippen molar-refractivity contribution in [3.63, 3.8) is 0 Å². The van der Waals surface area contributed by atoms with Gasteiger partial charge in [-0.05, 0) is 44.2 Å². The Labute approximate surface area is 126 Å². The number of amides is 1. The normalized spacial score (nSPS) is 13.3. The molecule has 21 heavy (non-hydrogen) atoms. The van der Waals surface area contributed by atoms with Crippen LogP contribution in [0.4, 0.5) is 0 Å². The van der Waals surface area contributed by atoms with Crippen molar-refractivity contribution in [2.24, 2.45) is 5.10 Å². The molecule has 1 N–H and O–H groups in total. The Morgan fingerprint density at radius 2 is 2.05 bits per heavy atom. The van der Waals surface area contributed by atoms with E-state index in [0.29, 0.717) is 17.1 Å². The average molecular weight is 302 g/mol. The fourth-order valence-electron chi connectivity index (χ4n) is 1.92. The number of hydrogen-bond donors (Lipinski definition) is 1. The second-order valence-corrected chi connectivity index (χ2v) is 5.90. The molecule has 0 spiro atoms. The molecule has 0 aliphatic carbocycles. The van der Waals surface area contributed by atoms with Gasteiger partial charge in [0.25, 0.3) is 5.91 Å². The smallest absolute Gasteiger partial charge is 0.271 e. The van der Waals surface area contributed by atoms with Gasteiger partial charge in [-0.2, -0.15) is 5.10 Å². The topological polar surface area (TPSA) is 59.9 Å². The third-order valence-electron chi connectivity index (χ3n) is 3.06. The van der Waals surface area contributed by atoms with Gasteiger partial charge >= 0.3 is 0 Å². The quantitative estimate of drug-likeness (QED) is 0.700. The Kier molecular flexibility index (Phi) is 3.62. The Hall–Kier alpha value is -2.34. The highest BCUT2D eigenvalue weighted by atomic mass is 32.1. The van der Waals surface area contributed by atoms with Crippen LogP contribution < -0.4 is 14.9 Å². The molecule has 0 saturated heterocycles.